The molecule has 2 aromatic carbocycles. The predicted molar refractivity (Wildman–Crippen MR) is 108 cm³/mol. The Hall–Kier alpha value is -3.32. The predicted octanol–water partition coefficient (Wildman–Crippen LogP) is 3.85. The fourth-order valence-electron chi connectivity index (χ4n) is 2.62. The lowest BCUT2D eigenvalue weighted by atomic mass is 10.1. The average Bonchev–Trinajstić information content (AvgIpc) is 3.07. The van der Waals surface area contributed by atoms with E-state index in [1.807, 2.05) is 6.92 Å². The minimum Gasteiger partial charge on any atom is -0.462 e. The first-order valence-corrected chi connectivity index (χ1v) is 8.97. The zero-order valence-electron chi connectivity index (χ0n) is 15.4. The van der Waals surface area contributed by atoms with E-state index in [4.69, 9.17) is 22.1 Å². The number of halogens is 1. The highest BCUT2D eigenvalue weighted by Gasteiger charge is 2.17. The quantitative estimate of drug-likeness (QED) is 0.636. The Balaban J connectivity index is 1.79. The number of benzene rings is 2. The molecule has 1 aromatic heterocycles. The van der Waals surface area contributed by atoms with Crippen molar-refractivity contribution in [2.45, 2.75) is 13.8 Å². The Morgan fingerprint density at radius 1 is 1.21 bits per heavy atom. The van der Waals surface area contributed by atoms with Gasteiger partial charge in [-0.3, -0.25) is 4.79 Å². The molecule has 1 heterocycles. The van der Waals surface area contributed by atoms with Crippen molar-refractivity contribution in [2.75, 3.05) is 17.7 Å². The average molecular weight is 399 g/mol. The Bertz CT molecular complexity index is 1030. The number of aromatic nitrogens is 2. The van der Waals surface area contributed by atoms with Crippen LogP contribution in [0.3, 0.4) is 0 Å². The molecule has 0 saturated heterocycles. The lowest BCUT2D eigenvalue weighted by Gasteiger charge is -2.10. The zero-order chi connectivity index (χ0) is 20.3. The molecule has 0 aliphatic heterocycles. The lowest BCUT2D eigenvalue weighted by molar-refractivity contribution is 0.0527. The number of nitrogens with two attached hydrogens (primary N) is 1. The van der Waals surface area contributed by atoms with Crippen LogP contribution in [0.15, 0.2) is 48.7 Å². The fourth-order valence-corrected chi connectivity index (χ4v) is 2.80. The molecule has 0 aliphatic rings. The van der Waals surface area contributed by atoms with Crippen LogP contribution < -0.4 is 11.1 Å². The zero-order valence-corrected chi connectivity index (χ0v) is 16.2. The van der Waals surface area contributed by atoms with Gasteiger partial charge < -0.3 is 15.8 Å². The number of amides is 1. The SMILES string of the molecule is CCOC(=O)c1cnn(-c2ccc(C(=O)Nc3cccc(Cl)c3C)cc2)c1N. The summed E-state index contributed by atoms with van der Waals surface area (Å²) in [7, 11) is 0. The number of anilines is 2. The molecule has 0 unspecified atom stereocenters. The highest BCUT2D eigenvalue weighted by atomic mass is 35.5. The van der Waals surface area contributed by atoms with Crippen LogP contribution >= 0.6 is 11.6 Å². The van der Waals surface area contributed by atoms with Gasteiger partial charge in [-0.05, 0) is 55.8 Å². The number of ether oxygens (including phenoxy) is 1. The Morgan fingerprint density at radius 2 is 1.93 bits per heavy atom. The number of carbonyl (C=O) groups is 2. The highest BCUT2D eigenvalue weighted by Crippen LogP contribution is 2.24. The summed E-state index contributed by atoms with van der Waals surface area (Å²) in [6, 6.07) is 12.0. The molecule has 0 aliphatic carbocycles. The minimum absolute atomic E-state index is 0.171. The summed E-state index contributed by atoms with van der Waals surface area (Å²) < 4.78 is 6.36. The molecule has 7 nitrogen and oxygen atoms in total. The molecular formula is C20H19ClN4O3. The van der Waals surface area contributed by atoms with Crippen molar-refractivity contribution in [1.82, 2.24) is 9.78 Å². The van der Waals surface area contributed by atoms with Crippen LogP contribution in [-0.2, 0) is 4.74 Å². The van der Waals surface area contributed by atoms with E-state index in [9.17, 15) is 9.59 Å². The molecule has 3 N–H and O–H groups in total. The molecule has 3 aromatic rings. The Morgan fingerprint density at radius 3 is 2.61 bits per heavy atom. The summed E-state index contributed by atoms with van der Waals surface area (Å²) in [5.41, 5.74) is 8.72. The topological polar surface area (TPSA) is 99.2 Å². The van der Waals surface area contributed by atoms with Gasteiger partial charge in [-0.15, -0.1) is 0 Å². The molecular weight excluding hydrogens is 380 g/mol. The van der Waals surface area contributed by atoms with E-state index >= 15 is 0 Å². The third-order valence-corrected chi connectivity index (χ3v) is 4.60. The van der Waals surface area contributed by atoms with E-state index in [-0.39, 0.29) is 23.9 Å². The van der Waals surface area contributed by atoms with Crippen molar-refractivity contribution in [2.24, 2.45) is 0 Å². The van der Waals surface area contributed by atoms with Gasteiger partial charge in [0.25, 0.3) is 5.91 Å². The second kappa shape index (κ2) is 8.14. The molecule has 0 saturated carbocycles. The van der Waals surface area contributed by atoms with Crippen LogP contribution in [0.4, 0.5) is 11.5 Å². The normalized spacial score (nSPS) is 10.5. The number of hydrogen-bond acceptors (Lipinski definition) is 5. The molecule has 0 radical (unpaired) electrons. The Labute approximate surface area is 167 Å². The number of nitrogens with zero attached hydrogens (tertiary/aromatic N) is 2. The van der Waals surface area contributed by atoms with Gasteiger partial charge in [-0.25, -0.2) is 9.48 Å². The van der Waals surface area contributed by atoms with Gasteiger partial charge in [0.15, 0.2) is 0 Å². The maximum absolute atomic E-state index is 12.5. The third kappa shape index (κ3) is 3.84. The van der Waals surface area contributed by atoms with E-state index < -0.39 is 5.97 Å². The van der Waals surface area contributed by atoms with Crippen LogP contribution in [0.5, 0.6) is 0 Å². The molecule has 0 atom stereocenters. The fraction of sp³-hybridized carbons (Fsp3) is 0.150. The molecule has 3 rings (SSSR count). The molecule has 28 heavy (non-hydrogen) atoms. The summed E-state index contributed by atoms with van der Waals surface area (Å²) in [6.45, 7) is 3.80. The molecule has 0 fully saturated rings. The van der Waals surface area contributed by atoms with E-state index in [1.165, 1.54) is 10.9 Å². The first kappa shape index (κ1) is 19.4. The van der Waals surface area contributed by atoms with Crippen molar-refractivity contribution >= 4 is 35.0 Å². The van der Waals surface area contributed by atoms with Crippen molar-refractivity contribution < 1.29 is 14.3 Å². The molecule has 0 spiro atoms. The van der Waals surface area contributed by atoms with Gasteiger partial charge in [0, 0.05) is 16.3 Å². The number of esters is 1. The monoisotopic (exact) mass is 398 g/mol. The summed E-state index contributed by atoms with van der Waals surface area (Å²) in [6.07, 6.45) is 1.36. The summed E-state index contributed by atoms with van der Waals surface area (Å²) in [4.78, 5) is 24.4. The maximum Gasteiger partial charge on any atom is 0.343 e. The van der Waals surface area contributed by atoms with Crippen LogP contribution in [0.2, 0.25) is 5.02 Å². The van der Waals surface area contributed by atoms with Gasteiger partial charge in [-0.2, -0.15) is 5.10 Å². The number of carbonyl (C=O) groups excluding carboxylic acids is 2. The molecule has 1 amide bonds. The van der Waals surface area contributed by atoms with Crippen LogP contribution in [0.25, 0.3) is 5.69 Å². The largest absolute Gasteiger partial charge is 0.462 e. The summed E-state index contributed by atoms with van der Waals surface area (Å²) >= 11 is 6.08. The number of nitrogens with one attached hydrogen (secondary N) is 1. The van der Waals surface area contributed by atoms with E-state index in [2.05, 4.69) is 10.4 Å². The summed E-state index contributed by atoms with van der Waals surface area (Å²) in [5, 5.41) is 7.55. The third-order valence-electron chi connectivity index (χ3n) is 4.19. The van der Waals surface area contributed by atoms with Crippen molar-refractivity contribution in [1.29, 1.82) is 0 Å². The molecule has 8 heteroatoms. The summed E-state index contributed by atoms with van der Waals surface area (Å²) in [5.74, 6) is -0.623. The van der Waals surface area contributed by atoms with Gasteiger partial charge in [0.1, 0.15) is 11.4 Å². The van der Waals surface area contributed by atoms with Gasteiger partial charge >= 0.3 is 5.97 Å². The van der Waals surface area contributed by atoms with Crippen molar-refractivity contribution in [3.63, 3.8) is 0 Å². The minimum atomic E-state index is -0.529. The highest BCUT2D eigenvalue weighted by molar-refractivity contribution is 6.31. The van der Waals surface area contributed by atoms with E-state index in [0.717, 1.165) is 5.56 Å². The van der Waals surface area contributed by atoms with Gasteiger partial charge in [0.2, 0.25) is 0 Å². The second-order valence-electron chi connectivity index (χ2n) is 5.99. The second-order valence-corrected chi connectivity index (χ2v) is 6.40. The Kier molecular flexibility index (Phi) is 5.65. The number of hydrogen-bond donors (Lipinski definition) is 2. The van der Waals surface area contributed by atoms with E-state index in [1.54, 1.807) is 49.4 Å². The van der Waals surface area contributed by atoms with Crippen LogP contribution in [0.1, 0.15) is 33.2 Å². The maximum atomic E-state index is 12.5. The molecule has 144 valence electrons. The van der Waals surface area contributed by atoms with Crippen LogP contribution in [0, 0.1) is 6.92 Å². The smallest absolute Gasteiger partial charge is 0.343 e. The van der Waals surface area contributed by atoms with Crippen molar-refractivity contribution in [3.8, 4) is 5.69 Å². The van der Waals surface area contributed by atoms with Gasteiger partial charge in [0.05, 0.1) is 18.5 Å². The van der Waals surface area contributed by atoms with Crippen LogP contribution in [-0.4, -0.2) is 28.3 Å². The standard InChI is InChI=1S/C20H19ClN4O3/c1-3-28-20(27)15-11-23-25(18(15)22)14-9-7-13(8-10-14)19(26)24-17-6-4-5-16(21)12(17)2/h4-11H,3,22H2,1-2H3,(H,24,26). The van der Waals surface area contributed by atoms with Gasteiger partial charge in [-0.1, -0.05) is 17.7 Å². The van der Waals surface area contributed by atoms with E-state index in [0.29, 0.717) is 22.0 Å². The first-order valence-electron chi connectivity index (χ1n) is 8.60. The first-order chi connectivity index (χ1) is 13.4. The number of rotatable bonds is 5. The van der Waals surface area contributed by atoms with Crippen molar-refractivity contribution in [3.05, 3.63) is 70.4 Å². The molecule has 0 bridgehead atoms. The number of nitrogen functional groups attached to an aromatic ring is 1. The lowest BCUT2D eigenvalue weighted by Crippen LogP contribution is -2.13.